The number of rotatable bonds is 2. The van der Waals surface area contributed by atoms with Crippen LogP contribution in [0.1, 0.15) is 18.7 Å². The molecule has 0 saturated carbocycles. The Bertz CT molecular complexity index is 270. The molecular formula is C9H10OS. The Morgan fingerprint density at radius 2 is 2.27 bits per heavy atom. The molecule has 0 unspecified atom stereocenters. The minimum absolute atomic E-state index is 0.137. The number of Topliss-reactive ketones (excluding diaryl/α,β-unsaturated/α-hetero) is 1. The zero-order valence-electron chi connectivity index (χ0n) is 6.63. The summed E-state index contributed by atoms with van der Waals surface area (Å²) in [5.74, 6) is 0.137. The summed E-state index contributed by atoms with van der Waals surface area (Å²) < 4.78 is 0. The summed E-state index contributed by atoms with van der Waals surface area (Å²) in [4.78, 5) is 11.9. The molecule has 1 rings (SSSR count). The van der Waals surface area contributed by atoms with Gasteiger partial charge in [-0.15, -0.1) is 11.3 Å². The number of allylic oxidation sites excluding steroid dienone is 1. The van der Waals surface area contributed by atoms with E-state index in [4.69, 9.17) is 0 Å². The quantitative estimate of drug-likeness (QED) is 0.617. The van der Waals surface area contributed by atoms with Crippen LogP contribution in [0.25, 0.3) is 6.08 Å². The van der Waals surface area contributed by atoms with Gasteiger partial charge in [-0.25, -0.2) is 0 Å². The minimum Gasteiger partial charge on any atom is -0.295 e. The molecule has 1 aromatic heterocycles. The van der Waals surface area contributed by atoms with Crippen molar-refractivity contribution in [3.05, 3.63) is 28.0 Å². The maximum atomic E-state index is 10.8. The Balaban J connectivity index is 2.82. The SMILES string of the molecule is CC(=O)C(C)=Cc1cccs1. The van der Waals surface area contributed by atoms with Crippen LogP contribution in [0.2, 0.25) is 0 Å². The summed E-state index contributed by atoms with van der Waals surface area (Å²) in [5.41, 5.74) is 0.812. The zero-order valence-corrected chi connectivity index (χ0v) is 7.44. The van der Waals surface area contributed by atoms with Crippen molar-refractivity contribution >= 4 is 23.2 Å². The average molecular weight is 166 g/mol. The molecule has 0 spiro atoms. The van der Waals surface area contributed by atoms with E-state index < -0.39 is 0 Å². The van der Waals surface area contributed by atoms with E-state index in [-0.39, 0.29) is 5.78 Å². The van der Waals surface area contributed by atoms with Gasteiger partial charge in [-0.05, 0) is 36.9 Å². The zero-order chi connectivity index (χ0) is 8.27. The van der Waals surface area contributed by atoms with Crippen LogP contribution in [-0.2, 0) is 4.79 Å². The molecule has 58 valence electrons. The number of ketones is 1. The molecule has 0 amide bonds. The number of hydrogen-bond donors (Lipinski definition) is 0. The molecule has 0 aliphatic carbocycles. The van der Waals surface area contributed by atoms with E-state index in [0.29, 0.717) is 0 Å². The molecule has 0 atom stereocenters. The van der Waals surface area contributed by atoms with Gasteiger partial charge in [0.25, 0.3) is 0 Å². The molecule has 0 bridgehead atoms. The molecule has 0 aliphatic rings. The highest BCUT2D eigenvalue weighted by Gasteiger charge is 1.95. The van der Waals surface area contributed by atoms with Crippen molar-refractivity contribution in [3.8, 4) is 0 Å². The number of hydrogen-bond acceptors (Lipinski definition) is 2. The van der Waals surface area contributed by atoms with Gasteiger partial charge in [0, 0.05) is 4.88 Å². The lowest BCUT2D eigenvalue weighted by Gasteiger charge is -1.90. The van der Waals surface area contributed by atoms with Crippen LogP contribution >= 0.6 is 11.3 Å². The van der Waals surface area contributed by atoms with Crippen molar-refractivity contribution in [3.63, 3.8) is 0 Å². The summed E-state index contributed by atoms with van der Waals surface area (Å²) >= 11 is 1.64. The summed E-state index contributed by atoms with van der Waals surface area (Å²) in [6, 6.07) is 3.97. The first-order chi connectivity index (χ1) is 5.20. The largest absolute Gasteiger partial charge is 0.295 e. The summed E-state index contributed by atoms with van der Waals surface area (Å²) in [7, 11) is 0. The van der Waals surface area contributed by atoms with E-state index in [1.165, 1.54) is 0 Å². The van der Waals surface area contributed by atoms with Gasteiger partial charge < -0.3 is 0 Å². The molecule has 1 aromatic rings. The Morgan fingerprint density at radius 3 is 2.73 bits per heavy atom. The summed E-state index contributed by atoms with van der Waals surface area (Å²) in [6.45, 7) is 3.42. The first kappa shape index (κ1) is 8.21. The first-order valence-corrected chi connectivity index (χ1v) is 4.31. The molecular weight excluding hydrogens is 156 g/mol. The Morgan fingerprint density at radius 1 is 1.55 bits per heavy atom. The highest BCUT2D eigenvalue weighted by atomic mass is 32.1. The Labute approximate surface area is 70.4 Å². The average Bonchev–Trinajstić information content (AvgIpc) is 2.39. The maximum absolute atomic E-state index is 10.8. The highest BCUT2D eigenvalue weighted by molar-refractivity contribution is 7.10. The molecule has 0 aromatic carbocycles. The number of thiophene rings is 1. The summed E-state index contributed by atoms with van der Waals surface area (Å²) in [5, 5.41) is 2.00. The third kappa shape index (κ3) is 2.31. The molecule has 0 aliphatic heterocycles. The molecule has 0 saturated heterocycles. The normalized spacial score (nSPS) is 11.6. The Hall–Kier alpha value is -0.890. The molecule has 0 radical (unpaired) electrons. The van der Waals surface area contributed by atoms with Gasteiger partial charge in [0.15, 0.2) is 5.78 Å². The van der Waals surface area contributed by atoms with E-state index in [0.717, 1.165) is 10.5 Å². The third-order valence-electron chi connectivity index (χ3n) is 1.46. The van der Waals surface area contributed by atoms with Crippen LogP contribution < -0.4 is 0 Å². The van der Waals surface area contributed by atoms with Crippen LogP contribution in [0.15, 0.2) is 23.1 Å². The van der Waals surface area contributed by atoms with Crippen LogP contribution in [0.3, 0.4) is 0 Å². The van der Waals surface area contributed by atoms with Gasteiger partial charge in [0.05, 0.1) is 0 Å². The second-order valence-corrected chi connectivity index (χ2v) is 3.38. The second-order valence-electron chi connectivity index (χ2n) is 2.40. The van der Waals surface area contributed by atoms with E-state index in [1.54, 1.807) is 18.3 Å². The van der Waals surface area contributed by atoms with E-state index in [2.05, 4.69) is 0 Å². The molecule has 0 fully saturated rings. The fourth-order valence-electron chi connectivity index (χ4n) is 0.688. The predicted octanol–water partition coefficient (Wildman–Crippen LogP) is 2.74. The fourth-order valence-corrected chi connectivity index (χ4v) is 1.40. The smallest absolute Gasteiger partial charge is 0.155 e. The van der Waals surface area contributed by atoms with E-state index in [1.807, 2.05) is 30.5 Å². The lowest BCUT2D eigenvalue weighted by atomic mass is 10.2. The predicted molar refractivity (Wildman–Crippen MR) is 48.7 cm³/mol. The molecule has 1 nitrogen and oxygen atoms in total. The van der Waals surface area contributed by atoms with Gasteiger partial charge in [-0.1, -0.05) is 6.07 Å². The highest BCUT2D eigenvalue weighted by Crippen LogP contribution is 2.13. The monoisotopic (exact) mass is 166 g/mol. The second kappa shape index (κ2) is 3.49. The fraction of sp³-hybridized carbons (Fsp3) is 0.222. The van der Waals surface area contributed by atoms with Crippen LogP contribution in [0.5, 0.6) is 0 Å². The maximum Gasteiger partial charge on any atom is 0.155 e. The number of carbonyl (C=O) groups is 1. The van der Waals surface area contributed by atoms with E-state index in [9.17, 15) is 4.79 Å². The first-order valence-electron chi connectivity index (χ1n) is 3.43. The lowest BCUT2D eigenvalue weighted by Crippen LogP contribution is -1.89. The molecule has 11 heavy (non-hydrogen) atoms. The Kier molecular flexibility index (Phi) is 2.60. The van der Waals surface area contributed by atoms with Crippen LogP contribution in [0, 0.1) is 0 Å². The topological polar surface area (TPSA) is 17.1 Å². The van der Waals surface area contributed by atoms with Crippen molar-refractivity contribution in [2.75, 3.05) is 0 Å². The number of carbonyl (C=O) groups excluding carboxylic acids is 1. The van der Waals surface area contributed by atoms with Gasteiger partial charge in [0.1, 0.15) is 0 Å². The van der Waals surface area contributed by atoms with Crippen molar-refractivity contribution in [1.82, 2.24) is 0 Å². The summed E-state index contributed by atoms with van der Waals surface area (Å²) in [6.07, 6.45) is 1.91. The van der Waals surface area contributed by atoms with Crippen LogP contribution in [-0.4, -0.2) is 5.78 Å². The van der Waals surface area contributed by atoms with Crippen molar-refractivity contribution in [1.29, 1.82) is 0 Å². The minimum atomic E-state index is 0.137. The molecule has 0 N–H and O–H groups in total. The van der Waals surface area contributed by atoms with Crippen LogP contribution in [0.4, 0.5) is 0 Å². The third-order valence-corrected chi connectivity index (χ3v) is 2.28. The van der Waals surface area contributed by atoms with Gasteiger partial charge in [-0.2, -0.15) is 0 Å². The van der Waals surface area contributed by atoms with Gasteiger partial charge in [-0.3, -0.25) is 4.79 Å². The standard InChI is InChI=1S/C9H10OS/c1-7(8(2)10)6-9-4-3-5-11-9/h3-6H,1-2H3. The van der Waals surface area contributed by atoms with Crippen molar-refractivity contribution in [2.45, 2.75) is 13.8 Å². The lowest BCUT2D eigenvalue weighted by molar-refractivity contribution is -0.113. The molecule has 2 heteroatoms. The van der Waals surface area contributed by atoms with Crippen molar-refractivity contribution < 1.29 is 4.79 Å². The van der Waals surface area contributed by atoms with E-state index >= 15 is 0 Å². The molecule has 1 heterocycles. The van der Waals surface area contributed by atoms with Gasteiger partial charge >= 0.3 is 0 Å². The van der Waals surface area contributed by atoms with Crippen molar-refractivity contribution in [2.24, 2.45) is 0 Å². The van der Waals surface area contributed by atoms with Gasteiger partial charge in [0.2, 0.25) is 0 Å².